The molecule has 0 unspecified atom stereocenters. The second kappa shape index (κ2) is 5.70. The van der Waals surface area contributed by atoms with Gasteiger partial charge in [0.05, 0.1) is 6.20 Å². The van der Waals surface area contributed by atoms with Gasteiger partial charge in [-0.25, -0.2) is 9.31 Å². The van der Waals surface area contributed by atoms with Crippen LogP contribution in [0.15, 0.2) is 67.1 Å². The molecule has 0 atom stereocenters. The fourth-order valence-electron chi connectivity index (χ4n) is 2.93. The summed E-state index contributed by atoms with van der Waals surface area (Å²) >= 11 is 0. The number of imidazole rings is 1. The van der Waals surface area contributed by atoms with Gasteiger partial charge in [-0.1, -0.05) is 36.4 Å². The van der Waals surface area contributed by atoms with E-state index in [2.05, 4.69) is 40.0 Å². The van der Waals surface area contributed by atoms with Crippen LogP contribution in [-0.2, 0) is 11.3 Å². The number of carboxylic acid groups (broad SMARTS) is 1. The van der Waals surface area contributed by atoms with Gasteiger partial charge >= 0.3 is 5.97 Å². The maximum atomic E-state index is 10.7. The fraction of sp³-hybridized carbons (Fsp3) is 0.0526. The predicted octanol–water partition coefficient (Wildman–Crippen LogP) is 3.44. The maximum Gasteiger partial charge on any atom is 0.328 e. The standard InChI is InChI=1S/C19H15N3O2/c23-18(24)8-7-17-12-20-22-10-9-21(19(17)22)13-14-5-6-15-3-1-2-4-16(15)11-14/h1-12H,13H2,(H,23,24)/b8-7+. The quantitative estimate of drug-likeness (QED) is 0.587. The van der Waals surface area contributed by atoms with Gasteiger partial charge in [-0.2, -0.15) is 5.10 Å². The highest BCUT2D eigenvalue weighted by molar-refractivity contribution is 5.87. The summed E-state index contributed by atoms with van der Waals surface area (Å²) in [6.07, 6.45) is 8.20. The molecule has 0 fully saturated rings. The first-order valence-electron chi connectivity index (χ1n) is 7.62. The number of hydrogen-bond acceptors (Lipinski definition) is 2. The fourth-order valence-corrected chi connectivity index (χ4v) is 2.93. The van der Waals surface area contributed by atoms with Crippen molar-refractivity contribution < 1.29 is 9.90 Å². The lowest BCUT2D eigenvalue weighted by Gasteiger charge is -2.06. The normalized spacial score (nSPS) is 11.7. The van der Waals surface area contributed by atoms with Crippen LogP contribution in [0, 0.1) is 0 Å². The lowest BCUT2D eigenvalue weighted by Crippen LogP contribution is -1.99. The topological polar surface area (TPSA) is 59.5 Å². The third-order valence-corrected chi connectivity index (χ3v) is 4.03. The van der Waals surface area contributed by atoms with E-state index >= 15 is 0 Å². The van der Waals surface area contributed by atoms with E-state index in [1.807, 2.05) is 24.5 Å². The summed E-state index contributed by atoms with van der Waals surface area (Å²) in [7, 11) is 0. The van der Waals surface area contributed by atoms with E-state index in [0.717, 1.165) is 17.3 Å². The first kappa shape index (κ1) is 14.3. The molecule has 0 aliphatic heterocycles. The van der Waals surface area contributed by atoms with Gasteiger partial charge in [-0.05, 0) is 28.5 Å². The lowest BCUT2D eigenvalue weighted by atomic mass is 10.1. The Hall–Kier alpha value is -3.34. The minimum Gasteiger partial charge on any atom is -0.478 e. The number of fused-ring (bicyclic) bond motifs is 2. The molecule has 0 spiro atoms. The Kier molecular flexibility index (Phi) is 3.39. The number of nitrogens with zero attached hydrogens (tertiary/aromatic N) is 3. The molecule has 0 bridgehead atoms. The molecule has 5 heteroatoms. The Morgan fingerprint density at radius 1 is 1.12 bits per heavy atom. The lowest BCUT2D eigenvalue weighted by molar-refractivity contribution is -0.131. The van der Waals surface area contributed by atoms with E-state index in [4.69, 9.17) is 5.11 Å². The zero-order valence-electron chi connectivity index (χ0n) is 12.8. The third kappa shape index (κ3) is 2.56. The van der Waals surface area contributed by atoms with E-state index in [1.165, 1.54) is 16.3 Å². The Labute approximate surface area is 138 Å². The van der Waals surface area contributed by atoms with Gasteiger partial charge < -0.3 is 9.67 Å². The van der Waals surface area contributed by atoms with Gasteiger partial charge in [-0.3, -0.25) is 0 Å². The summed E-state index contributed by atoms with van der Waals surface area (Å²) in [4.78, 5) is 10.7. The van der Waals surface area contributed by atoms with E-state index in [9.17, 15) is 4.79 Å². The number of rotatable bonds is 4. The van der Waals surface area contributed by atoms with E-state index in [-0.39, 0.29) is 0 Å². The maximum absolute atomic E-state index is 10.7. The van der Waals surface area contributed by atoms with Crippen LogP contribution in [0.3, 0.4) is 0 Å². The van der Waals surface area contributed by atoms with E-state index in [1.54, 1.807) is 16.8 Å². The third-order valence-electron chi connectivity index (χ3n) is 4.03. The molecule has 2 heterocycles. The second-order valence-corrected chi connectivity index (χ2v) is 5.65. The molecule has 0 saturated heterocycles. The summed E-state index contributed by atoms with van der Waals surface area (Å²) in [6, 6.07) is 14.7. The van der Waals surface area contributed by atoms with Crippen molar-refractivity contribution in [3.8, 4) is 0 Å². The molecule has 2 aromatic carbocycles. The number of aliphatic carboxylic acids is 1. The van der Waals surface area contributed by atoms with E-state index < -0.39 is 5.97 Å². The van der Waals surface area contributed by atoms with Crippen LogP contribution < -0.4 is 0 Å². The van der Waals surface area contributed by atoms with Crippen LogP contribution in [0.4, 0.5) is 0 Å². The minimum atomic E-state index is -0.970. The Morgan fingerprint density at radius 2 is 1.96 bits per heavy atom. The van der Waals surface area contributed by atoms with Crippen molar-refractivity contribution in [2.24, 2.45) is 0 Å². The van der Waals surface area contributed by atoms with Crippen LogP contribution in [0.2, 0.25) is 0 Å². The molecule has 0 radical (unpaired) electrons. The Balaban J connectivity index is 1.73. The number of carbonyl (C=O) groups is 1. The van der Waals surface area contributed by atoms with Crippen LogP contribution in [0.25, 0.3) is 22.5 Å². The van der Waals surface area contributed by atoms with Gasteiger partial charge in [0.1, 0.15) is 5.65 Å². The van der Waals surface area contributed by atoms with Crippen LogP contribution in [0.1, 0.15) is 11.1 Å². The van der Waals surface area contributed by atoms with Gasteiger partial charge in [-0.15, -0.1) is 0 Å². The SMILES string of the molecule is O=C(O)/C=C/c1cnn2ccn(Cc3ccc4ccccc4c3)c12. The van der Waals surface area contributed by atoms with Crippen molar-refractivity contribution in [1.29, 1.82) is 0 Å². The summed E-state index contributed by atoms with van der Waals surface area (Å²) in [5, 5.41) is 15.5. The highest BCUT2D eigenvalue weighted by atomic mass is 16.4. The number of aromatic nitrogens is 3. The molecule has 24 heavy (non-hydrogen) atoms. The van der Waals surface area contributed by atoms with Crippen molar-refractivity contribution in [3.05, 3.63) is 78.3 Å². The Morgan fingerprint density at radius 3 is 2.79 bits per heavy atom. The van der Waals surface area contributed by atoms with Crippen molar-refractivity contribution in [2.75, 3.05) is 0 Å². The van der Waals surface area contributed by atoms with E-state index in [0.29, 0.717) is 6.54 Å². The molecule has 1 N–H and O–H groups in total. The summed E-state index contributed by atoms with van der Waals surface area (Å²) in [5.41, 5.74) is 2.84. The minimum absolute atomic E-state index is 0.695. The van der Waals surface area contributed by atoms with Crippen LogP contribution in [0.5, 0.6) is 0 Å². The predicted molar refractivity (Wildman–Crippen MR) is 92.9 cm³/mol. The van der Waals surface area contributed by atoms with Crippen LogP contribution >= 0.6 is 0 Å². The van der Waals surface area contributed by atoms with Crippen molar-refractivity contribution >= 4 is 28.5 Å². The van der Waals surface area contributed by atoms with Crippen LogP contribution in [-0.4, -0.2) is 25.3 Å². The van der Waals surface area contributed by atoms with Gasteiger partial charge in [0.2, 0.25) is 0 Å². The van der Waals surface area contributed by atoms with Crippen molar-refractivity contribution in [2.45, 2.75) is 6.54 Å². The number of benzene rings is 2. The summed E-state index contributed by atoms with van der Waals surface area (Å²) in [6.45, 7) is 0.695. The number of carboxylic acids is 1. The molecule has 4 aromatic rings. The molecule has 2 aromatic heterocycles. The molecule has 0 saturated carbocycles. The molecule has 4 rings (SSSR count). The monoisotopic (exact) mass is 317 g/mol. The molecule has 118 valence electrons. The molecular weight excluding hydrogens is 302 g/mol. The first-order chi connectivity index (χ1) is 11.7. The van der Waals surface area contributed by atoms with Crippen molar-refractivity contribution in [1.82, 2.24) is 14.2 Å². The smallest absolute Gasteiger partial charge is 0.328 e. The molecule has 5 nitrogen and oxygen atoms in total. The second-order valence-electron chi connectivity index (χ2n) is 5.65. The van der Waals surface area contributed by atoms with Crippen molar-refractivity contribution in [3.63, 3.8) is 0 Å². The molecule has 0 amide bonds. The zero-order valence-corrected chi connectivity index (χ0v) is 12.8. The van der Waals surface area contributed by atoms with Gasteiger partial charge in [0.15, 0.2) is 0 Å². The highest BCUT2D eigenvalue weighted by Crippen LogP contribution is 2.19. The average Bonchev–Trinajstić information content (AvgIpc) is 3.16. The van der Waals surface area contributed by atoms with Gasteiger partial charge in [0, 0.05) is 30.6 Å². The zero-order chi connectivity index (χ0) is 16.5. The largest absolute Gasteiger partial charge is 0.478 e. The number of hydrogen-bond donors (Lipinski definition) is 1. The first-order valence-corrected chi connectivity index (χ1v) is 7.62. The molecule has 0 aliphatic rings. The average molecular weight is 317 g/mol. The Bertz CT molecular complexity index is 1070. The molecular formula is C19H15N3O2. The summed E-state index contributed by atoms with van der Waals surface area (Å²) < 4.78 is 3.82. The molecule has 0 aliphatic carbocycles. The highest BCUT2D eigenvalue weighted by Gasteiger charge is 2.08. The summed E-state index contributed by atoms with van der Waals surface area (Å²) in [5.74, 6) is -0.970. The van der Waals surface area contributed by atoms with Gasteiger partial charge in [0.25, 0.3) is 0 Å².